The van der Waals surface area contributed by atoms with Gasteiger partial charge in [-0.15, -0.1) is 0 Å². The SMILES string of the molecule is CC(C)c1ccc(NC(=O)C2CCCN(c3nc4ccccc4s3)C2)cc1. The molecule has 5 heteroatoms. The molecule has 2 heterocycles. The largest absolute Gasteiger partial charge is 0.347 e. The fraction of sp³-hybridized carbons (Fsp3) is 0.364. The number of amides is 1. The van der Waals surface area contributed by atoms with Gasteiger partial charge in [0.2, 0.25) is 5.91 Å². The number of piperidine rings is 1. The van der Waals surface area contributed by atoms with E-state index >= 15 is 0 Å². The van der Waals surface area contributed by atoms with Gasteiger partial charge in [0, 0.05) is 18.8 Å². The third kappa shape index (κ3) is 3.98. The lowest BCUT2D eigenvalue weighted by molar-refractivity contribution is -0.120. The first kappa shape index (κ1) is 18.0. The van der Waals surface area contributed by atoms with Crippen molar-refractivity contribution in [3.8, 4) is 0 Å². The Hall–Kier alpha value is -2.40. The van der Waals surface area contributed by atoms with Crippen LogP contribution in [0.2, 0.25) is 0 Å². The Labute approximate surface area is 164 Å². The average molecular weight is 380 g/mol. The zero-order valence-corrected chi connectivity index (χ0v) is 16.6. The summed E-state index contributed by atoms with van der Waals surface area (Å²) in [6.45, 7) is 6.04. The van der Waals surface area contributed by atoms with E-state index in [0.29, 0.717) is 5.92 Å². The molecule has 1 aromatic heterocycles. The van der Waals surface area contributed by atoms with Crippen LogP contribution in [0.4, 0.5) is 10.8 Å². The van der Waals surface area contributed by atoms with Crippen molar-refractivity contribution in [3.63, 3.8) is 0 Å². The fourth-order valence-corrected chi connectivity index (χ4v) is 4.56. The quantitative estimate of drug-likeness (QED) is 0.671. The van der Waals surface area contributed by atoms with E-state index in [9.17, 15) is 4.79 Å². The molecule has 0 aliphatic carbocycles. The summed E-state index contributed by atoms with van der Waals surface area (Å²) in [7, 11) is 0. The molecule has 1 atom stereocenters. The van der Waals surface area contributed by atoms with Gasteiger partial charge < -0.3 is 10.2 Å². The minimum Gasteiger partial charge on any atom is -0.347 e. The van der Waals surface area contributed by atoms with Gasteiger partial charge in [0.15, 0.2) is 5.13 Å². The molecule has 1 aliphatic heterocycles. The number of para-hydroxylation sites is 1. The number of fused-ring (bicyclic) bond motifs is 1. The Morgan fingerprint density at radius 2 is 1.96 bits per heavy atom. The van der Waals surface area contributed by atoms with Gasteiger partial charge in [-0.3, -0.25) is 4.79 Å². The van der Waals surface area contributed by atoms with Crippen LogP contribution in [0.1, 0.15) is 38.2 Å². The summed E-state index contributed by atoms with van der Waals surface area (Å²) >= 11 is 1.71. The number of hydrogen-bond donors (Lipinski definition) is 1. The molecule has 140 valence electrons. The summed E-state index contributed by atoms with van der Waals surface area (Å²) in [6, 6.07) is 16.4. The van der Waals surface area contributed by atoms with Crippen LogP contribution in [-0.4, -0.2) is 24.0 Å². The molecule has 1 aliphatic rings. The topological polar surface area (TPSA) is 45.2 Å². The second kappa shape index (κ2) is 7.69. The molecule has 2 aromatic carbocycles. The Kier molecular flexibility index (Phi) is 5.12. The Balaban J connectivity index is 1.43. The number of aromatic nitrogens is 1. The highest BCUT2D eigenvalue weighted by Crippen LogP contribution is 2.31. The summed E-state index contributed by atoms with van der Waals surface area (Å²) in [4.78, 5) is 19.8. The Morgan fingerprint density at radius 3 is 2.70 bits per heavy atom. The van der Waals surface area contributed by atoms with Gasteiger partial charge in [-0.1, -0.05) is 49.4 Å². The highest BCUT2D eigenvalue weighted by atomic mass is 32.1. The Morgan fingerprint density at radius 1 is 1.19 bits per heavy atom. The van der Waals surface area contributed by atoms with Crippen molar-refractivity contribution >= 4 is 38.3 Å². The average Bonchev–Trinajstić information content (AvgIpc) is 3.13. The smallest absolute Gasteiger partial charge is 0.229 e. The molecular formula is C22H25N3OS. The summed E-state index contributed by atoms with van der Waals surface area (Å²) in [5.74, 6) is 0.601. The van der Waals surface area contributed by atoms with E-state index in [1.807, 2.05) is 30.3 Å². The Bertz CT molecular complexity index is 899. The standard InChI is InChI=1S/C22H25N3OS/c1-15(2)16-9-11-18(12-10-16)23-21(26)17-6-5-13-25(14-17)22-24-19-7-3-4-8-20(19)27-22/h3-4,7-12,15,17H,5-6,13-14H2,1-2H3,(H,23,26). The lowest BCUT2D eigenvalue weighted by Gasteiger charge is -2.31. The number of thiazole rings is 1. The van der Waals surface area contributed by atoms with Gasteiger partial charge in [-0.2, -0.15) is 0 Å². The van der Waals surface area contributed by atoms with Crippen LogP contribution >= 0.6 is 11.3 Å². The summed E-state index contributed by atoms with van der Waals surface area (Å²) in [5, 5.41) is 4.12. The van der Waals surface area contributed by atoms with Crippen molar-refractivity contribution in [1.82, 2.24) is 4.98 Å². The van der Waals surface area contributed by atoms with Gasteiger partial charge in [0.1, 0.15) is 0 Å². The number of rotatable bonds is 4. The fourth-order valence-electron chi connectivity index (χ4n) is 3.56. The molecular weight excluding hydrogens is 354 g/mol. The lowest BCUT2D eigenvalue weighted by atomic mass is 9.97. The summed E-state index contributed by atoms with van der Waals surface area (Å²) in [6.07, 6.45) is 1.94. The molecule has 4 nitrogen and oxygen atoms in total. The first-order valence-electron chi connectivity index (χ1n) is 9.61. The molecule has 0 saturated carbocycles. The van der Waals surface area contributed by atoms with Crippen LogP contribution in [0.3, 0.4) is 0 Å². The van der Waals surface area contributed by atoms with E-state index in [2.05, 4.69) is 42.3 Å². The molecule has 1 N–H and O–H groups in total. The van der Waals surface area contributed by atoms with Crippen molar-refractivity contribution in [1.29, 1.82) is 0 Å². The van der Waals surface area contributed by atoms with Crippen molar-refractivity contribution in [2.24, 2.45) is 5.92 Å². The van der Waals surface area contributed by atoms with Crippen LogP contribution in [0.5, 0.6) is 0 Å². The molecule has 3 aromatic rings. The van der Waals surface area contributed by atoms with Crippen molar-refractivity contribution in [2.75, 3.05) is 23.3 Å². The molecule has 1 amide bonds. The van der Waals surface area contributed by atoms with Crippen molar-refractivity contribution in [3.05, 3.63) is 54.1 Å². The lowest BCUT2D eigenvalue weighted by Crippen LogP contribution is -2.40. The maximum Gasteiger partial charge on any atom is 0.229 e. The number of carbonyl (C=O) groups is 1. The molecule has 0 radical (unpaired) electrons. The van der Waals surface area contributed by atoms with E-state index in [1.54, 1.807) is 11.3 Å². The van der Waals surface area contributed by atoms with E-state index in [4.69, 9.17) is 4.98 Å². The number of hydrogen-bond acceptors (Lipinski definition) is 4. The molecule has 1 fully saturated rings. The van der Waals surface area contributed by atoms with E-state index in [-0.39, 0.29) is 11.8 Å². The first-order valence-corrected chi connectivity index (χ1v) is 10.4. The minimum absolute atomic E-state index is 0.00413. The number of anilines is 2. The molecule has 27 heavy (non-hydrogen) atoms. The van der Waals surface area contributed by atoms with Gasteiger partial charge in [0.05, 0.1) is 16.1 Å². The van der Waals surface area contributed by atoms with E-state index < -0.39 is 0 Å². The van der Waals surface area contributed by atoms with Gasteiger partial charge >= 0.3 is 0 Å². The highest BCUT2D eigenvalue weighted by Gasteiger charge is 2.27. The molecule has 0 spiro atoms. The predicted octanol–water partition coefficient (Wildman–Crippen LogP) is 5.27. The van der Waals surface area contributed by atoms with Crippen molar-refractivity contribution < 1.29 is 4.79 Å². The van der Waals surface area contributed by atoms with Crippen LogP contribution in [0.15, 0.2) is 48.5 Å². The zero-order valence-electron chi connectivity index (χ0n) is 15.8. The van der Waals surface area contributed by atoms with Crippen LogP contribution in [0.25, 0.3) is 10.2 Å². The van der Waals surface area contributed by atoms with E-state index in [1.165, 1.54) is 10.3 Å². The van der Waals surface area contributed by atoms with Crippen molar-refractivity contribution in [2.45, 2.75) is 32.6 Å². The monoisotopic (exact) mass is 379 g/mol. The van der Waals surface area contributed by atoms with Crippen LogP contribution in [-0.2, 0) is 4.79 Å². The van der Waals surface area contributed by atoms with Crippen LogP contribution < -0.4 is 10.2 Å². The summed E-state index contributed by atoms with van der Waals surface area (Å²) < 4.78 is 1.20. The number of nitrogens with zero attached hydrogens (tertiary/aromatic N) is 2. The maximum atomic E-state index is 12.8. The molecule has 0 bridgehead atoms. The van der Waals surface area contributed by atoms with E-state index in [0.717, 1.165) is 42.3 Å². The molecule has 1 saturated heterocycles. The maximum absolute atomic E-state index is 12.8. The summed E-state index contributed by atoms with van der Waals surface area (Å²) in [5.41, 5.74) is 3.20. The highest BCUT2D eigenvalue weighted by molar-refractivity contribution is 7.22. The van der Waals surface area contributed by atoms with Gasteiger partial charge in [-0.05, 0) is 48.6 Å². The minimum atomic E-state index is -0.00413. The second-order valence-corrected chi connectivity index (χ2v) is 8.52. The normalized spacial score (nSPS) is 17.4. The number of nitrogens with one attached hydrogen (secondary N) is 1. The number of benzene rings is 2. The van der Waals surface area contributed by atoms with Crippen LogP contribution in [0, 0.1) is 5.92 Å². The third-order valence-corrected chi connectivity index (χ3v) is 6.29. The molecule has 4 rings (SSSR count). The molecule has 1 unspecified atom stereocenters. The second-order valence-electron chi connectivity index (χ2n) is 7.52. The predicted molar refractivity (Wildman–Crippen MR) is 114 cm³/mol. The van der Waals surface area contributed by atoms with Gasteiger partial charge in [0.25, 0.3) is 0 Å². The zero-order chi connectivity index (χ0) is 18.8. The third-order valence-electron chi connectivity index (χ3n) is 5.19. The number of carbonyl (C=O) groups excluding carboxylic acids is 1. The van der Waals surface area contributed by atoms with Gasteiger partial charge in [-0.25, -0.2) is 4.98 Å². The first-order chi connectivity index (χ1) is 13.1.